The van der Waals surface area contributed by atoms with Crippen LogP contribution in [0.25, 0.3) is 16.7 Å². The number of hydrogen-bond acceptors (Lipinski definition) is 5. The van der Waals surface area contributed by atoms with Gasteiger partial charge in [0, 0.05) is 35.6 Å². The van der Waals surface area contributed by atoms with Gasteiger partial charge in [0.25, 0.3) is 0 Å². The van der Waals surface area contributed by atoms with E-state index in [1.165, 1.54) is 10.4 Å². The Bertz CT molecular complexity index is 1250. The number of Topliss-reactive ketones (excluding diaryl/α,β-unsaturated/α-hetero) is 1. The van der Waals surface area contributed by atoms with Crippen molar-refractivity contribution in [3.05, 3.63) is 75.8 Å². The first kappa shape index (κ1) is 19.2. The summed E-state index contributed by atoms with van der Waals surface area (Å²) in [6.07, 6.45) is 9.44. The number of hydrogen-bond donors (Lipinski definition) is 0. The van der Waals surface area contributed by atoms with Gasteiger partial charge in [-0.15, -0.1) is 4.80 Å². The average molecular weight is 438 g/mol. The van der Waals surface area contributed by atoms with E-state index in [2.05, 4.69) is 20.2 Å². The van der Waals surface area contributed by atoms with E-state index in [-0.39, 0.29) is 12.2 Å². The minimum absolute atomic E-state index is 0.0924. The molecule has 0 radical (unpaired) electrons. The van der Waals surface area contributed by atoms with Gasteiger partial charge in [-0.25, -0.2) is 4.98 Å². The van der Waals surface area contributed by atoms with E-state index in [1.54, 1.807) is 24.7 Å². The largest absolute Gasteiger partial charge is 0.299 e. The fourth-order valence-corrected chi connectivity index (χ4v) is 4.20. The summed E-state index contributed by atoms with van der Waals surface area (Å²) in [5.41, 5.74) is 3.86. The topological polar surface area (TPSA) is 73.6 Å². The number of carbonyl (C=O) groups excluding carboxylic acids is 1. The van der Waals surface area contributed by atoms with Gasteiger partial charge in [0.15, 0.2) is 5.82 Å². The Balaban J connectivity index is 1.38. The van der Waals surface area contributed by atoms with E-state index in [9.17, 15) is 4.79 Å². The molecule has 0 N–H and O–H groups in total. The van der Waals surface area contributed by atoms with Gasteiger partial charge >= 0.3 is 0 Å². The molecule has 1 saturated carbocycles. The molecule has 0 unspecified atom stereocenters. The van der Waals surface area contributed by atoms with Crippen molar-refractivity contribution in [1.29, 1.82) is 0 Å². The molecule has 0 aliphatic heterocycles. The number of rotatable bonds is 6. The summed E-state index contributed by atoms with van der Waals surface area (Å²) in [5.74, 6) is 1.03. The zero-order valence-corrected chi connectivity index (χ0v) is 17.4. The second-order valence-corrected chi connectivity index (χ2v) is 8.34. The molecule has 1 aliphatic carbocycles. The second-order valence-electron chi connectivity index (χ2n) is 7.49. The summed E-state index contributed by atoms with van der Waals surface area (Å²) in [6.45, 7) is 0. The smallest absolute Gasteiger partial charge is 0.193 e. The molecule has 150 valence electrons. The van der Waals surface area contributed by atoms with Gasteiger partial charge in [-0.3, -0.25) is 9.78 Å². The summed E-state index contributed by atoms with van der Waals surface area (Å²) in [6, 6.07) is 7.51. The lowest BCUT2D eigenvalue weighted by molar-refractivity contribution is -0.117. The fourth-order valence-electron chi connectivity index (χ4n) is 3.77. The van der Waals surface area contributed by atoms with Crippen molar-refractivity contribution in [2.24, 2.45) is 0 Å². The highest BCUT2D eigenvalue weighted by Gasteiger charge is 2.29. The maximum Gasteiger partial charge on any atom is 0.193 e. The minimum Gasteiger partial charge on any atom is -0.299 e. The first-order chi connectivity index (χ1) is 14.6. The van der Waals surface area contributed by atoms with E-state index in [0.717, 1.165) is 34.9 Å². The lowest BCUT2D eigenvalue weighted by Gasteiger charge is -2.12. The highest BCUT2D eigenvalue weighted by Crippen LogP contribution is 2.45. The van der Waals surface area contributed by atoms with E-state index < -0.39 is 0 Å². The number of aromatic nitrogens is 5. The minimum atomic E-state index is 0.0924. The molecule has 0 atom stereocenters. The Morgan fingerprint density at radius 2 is 1.83 bits per heavy atom. The lowest BCUT2D eigenvalue weighted by Crippen LogP contribution is -2.10. The predicted molar refractivity (Wildman–Crippen MR) is 115 cm³/mol. The van der Waals surface area contributed by atoms with Gasteiger partial charge in [0.2, 0.25) is 0 Å². The molecular weight excluding hydrogens is 421 g/mol. The Kier molecular flexibility index (Phi) is 4.97. The van der Waals surface area contributed by atoms with E-state index in [1.807, 2.05) is 24.4 Å². The van der Waals surface area contributed by atoms with Crippen LogP contribution in [-0.2, 0) is 17.6 Å². The third-order valence-corrected chi connectivity index (χ3v) is 5.73. The standard InChI is InChI=1S/C22H17Cl2N5O/c23-16-3-4-18-20(10-16)25-12-15(21(18)14-1-2-14)9-17(30)7-13-8-19(24)22(26-11-13)29-27-5-6-28-29/h3-6,8,10-12,14H,1-2,7,9H2. The van der Waals surface area contributed by atoms with Crippen molar-refractivity contribution in [2.45, 2.75) is 31.6 Å². The molecule has 0 amide bonds. The van der Waals surface area contributed by atoms with E-state index in [4.69, 9.17) is 23.2 Å². The number of nitrogens with zero attached hydrogens (tertiary/aromatic N) is 5. The van der Waals surface area contributed by atoms with Crippen LogP contribution < -0.4 is 0 Å². The average Bonchev–Trinajstić information content (AvgIpc) is 3.41. The molecule has 1 aromatic carbocycles. The molecule has 0 spiro atoms. The van der Waals surface area contributed by atoms with Crippen molar-refractivity contribution < 1.29 is 4.79 Å². The van der Waals surface area contributed by atoms with Crippen LogP contribution in [0.2, 0.25) is 10.0 Å². The highest BCUT2D eigenvalue weighted by atomic mass is 35.5. The number of ketones is 1. The van der Waals surface area contributed by atoms with Gasteiger partial charge in [-0.2, -0.15) is 10.2 Å². The summed E-state index contributed by atoms with van der Waals surface area (Å²) in [4.78, 5) is 23.0. The molecular formula is C22H17Cl2N5O. The Hall–Kier alpha value is -2.83. The molecule has 0 saturated heterocycles. The maximum absolute atomic E-state index is 12.8. The van der Waals surface area contributed by atoms with Gasteiger partial charge in [0.05, 0.1) is 22.9 Å². The molecule has 4 aromatic rings. The zero-order valence-electron chi connectivity index (χ0n) is 15.9. The monoisotopic (exact) mass is 437 g/mol. The number of carbonyl (C=O) groups is 1. The Labute approximate surface area is 182 Å². The molecule has 8 heteroatoms. The normalized spacial score (nSPS) is 13.7. The Morgan fingerprint density at radius 1 is 1.03 bits per heavy atom. The van der Waals surface area contributed by atoms with Gasteiger partial charge in [-0.1, -0.05) is 29.3 Å². The van der Waals surface area contributed by atoms with Crippen molar-refractivity contribution in [3.8, 4) is 5.82 Å². The van der Waals surface area contributed by atoms with Crippen LogP contribution in [0.3, 0.4) is 0 Å². The summed E-state index contributed by atoms with van der Waals surface area (Å²) >= 11 is 12.4. The third kappa shape index (κ3) is 3.80. The molecule has 30 heavy (non-hydrogen) atoms. The van der Waals surface area contributed by atoms with Crippen LogP contribution in [-0.4, -0.2) is 30.7 Å². The number of fused-ring (bicyclic) bond motifs is 1. The SMILES string of the molecule is O=C(Cc1cnc(-n2nccn2)c(Cl)c1)Cc1cnc2cc(Cl)ccc2c1C1CC1. The zero-order chi connectivity index (χ0) is 20.7. The molecule has 6 nitrogen and oxygen atoms in total. The van der Waals surface area contributed by atoms with Gasteiger partial charge in [-0.05, 0) is 53.6 Å². The van der Waals surface area contributed by atoms with Crippen LogP contribution in [0.5, 0.6) is 0 Å². The van der Waals surface area contributed by atoms with Crippen LogP contribution in [0.15, 0.2) is 49.1 Å². The van der Waals surface area contributed by atoms with Gasteiger partial charge in [0.1, 0.15) is 5.78 Å². The first-order valence-corrected chi connectivity index (χ1v) is 10.4. The third-order valence-electron chi connectivity index (χ3n) is 5.22. The number of benzene rings is 1. The lowest BCUT2D eigenvalue weighted by atomic mass is 9.95. The van der Waals surface area contributed by atoms with Gasteiger partial charge < -0.3 is 0 Å². The maximum atomic E-state index is 12.8. The van der Waals surface area contributed by atoms with E-state index >= 15 is 0 Å². The highest BCUT2D eigenvalue weighted by molar-refractivity contribution is 6.32. The molecule has 0 bridgehead atoms. The van der Waals surface area contributed by atoms with Crippen LogP contribution in [0, 0.1) is 0 Å². The molecule has 5 rings (SSSR count). The van der Waals surface area contributed by atoms with Crippen LogP contribution in [0.1, 0.15) is 35.4 Å². The fraction of sp³-hybridized carbons (Fsp3) is 0.227. The molecule has 1 fully saturated rings. The molecule has 1 aliphatic rings. The van der Waals surface area contributed by atoms with Crippen molar-refractivity contribution in [2.75, 3.05) is 0 Å². The Morgan fingerprint density at radius 3 is 2.57 bits per heavy atom. The number of halogens is 2. The molecule has 3 aromatic heterocycles. The predicted octanol–water partition coefficient (Wildman–Crippen LogP) is 4.75. The van der Waals surface area contributed by atoms with E-state index in [0.29, 0.717) is 28.2 Å². The quantitative estimate of drug-likeness (QED) is 0.435. The van der Waals surface area contributed by atoms with Crippen molar-refractivity contribution in [1.82, 2.24) is 25.0 Å². The molecule has 3 heterocycles. The number of pyridine rings is 2. The van der Waals surface area contributed by atoms with Crippen molar-refractivity contribution >= 4 is 39.9 Å². The van der Waals surface area contributed by atoms with Crippen molar-refractivity contribution in [3.63, 3.8) is 0 Å². The first-order valence-electron chi connectivity index (χ1n) is 9.68. The van der Waals surface area contributed by atoms with Crippen LogP contribution >= 0.6 is 23.2 Å². The summed E-state index contributed by atoms with van der Waals surface area (Å²) in [7, 11) is 0. The second kappa shape index (κ2) is 7.78. The summed E-state index contributed by atoms with van der Waals surface area (Å²) < 4.78 is 0. The van der Waals surface area contributed by atoms with Crippen LogP contribution in [0.4, 0.5) is 0 Å². The summed E-state index contributed by atoms with van der Waals surface area (Å²) in [5, 5.41) is 10.2.